The van der Waals surface area contributed by atoms with E-state index in [4.69, 9.17) is 0 Å². The summed E-state index contributed by atoms with van der Waals surface area (Å²) in [7, 11) is 0. The summed E-state index contributed by atoms with van der Waals surface area (Å²) < 4.78 is 13.2. The van der Waals surface area contributed by atoms with Crippen LogP contribution in [-0.2, 0) is 0 Å². The number of carbonyl (C=O) groups is 1. The van der Waals surface area contributed by atoms with Gasteiger partial charge in [-0.25, -0.2) is 9.37 Å². The average Bonchev–Trinajstić information content (AvgIpc) is 2.00. The van der Waals surface area contributed by atoms with E-state index >= 15 is 0 Å². The molecule has 0 aliphatic carbocycles. The maximum Gasteiger partial charge on any atom is 0.181 e. The van der Waals surface area contributed by atoms with Gasteiger partial charge in [-0.2, -0.15) is 0 Å². The average molecular weight is 167 g/mol. The summed E-state index contributed by atoms with van der Waals surface area (Å²) in [5, 5.41) is 0. The van der Waals surface area contributed by atoms with Crippen LogP contribution in [0.4, 0.5) is 4.39 Å². The Morgan fingerprint density at radius 3 is 2.58 bits per heavy atom. The van der Waals surface area contributed by atoms with Gasteiger partial charge >= 0.3 is 0 Å². The van der Waals surface area contributed by atoms with Crippen LogP contribution in [0.5, 0.6) is 0 Å². The first-order valence-corrected chi connectivity index (χ1v) is 3.66. The van der Waals surface area contributed by atoms with Gasteiger partial charge in [-0.3, -0.25) is 4.79 Å². The summed E-state index contributed by atoms with van der Waals surface area (Å²) in [6.07, 6.45) is 1.51. The number of nitrogens with zero attached hydrogens (tertiary/aromatic N) is 1. The number of ketones is 1. The lowest BCUT2D eigenvalue weighted by molar-refractivity contribution is 0.100. The monoisotopic (exact) mass is 167 g/mol. The Morgan fingerprint density at radius 2 is 2.08 bits per heavy atom. The van der Waals surface area contributed by atoms with Crippen LogP contribution in [0.2, 0.25) is 0 Å². The number of aryl methyl sites for hydroxylation is 1. The van der Waals surface area contributed by atoms with Crippen LogP contribution in [0, 0.1) is 19.7 Å². The molecule has 0 atom stereocenters. The number of hydrogen-bond donors (Lipinski definition) is 0. The van der Waals surface area contributed by atoms with Crippen LogP contribution in [0.1, 0.15) is 28.5 Å². The summed E-state index contributed by atoms with van der Waals surface area (Å²) in [4.78, 5) is 14.5. The molecule has 1 heterocycles. The predicted octanol–water partition coefficient (Wildman–Crippen LogP) is 2.04. The molecule has 0 fully saturated rings. The van der Waals surface area contributed by atoms with Crippen LogP contribution in [0.15, 0.2) is 6.20 Å². The molecule has 0 aliphatic heterocycles. The van der Waals surface area contributed by atoms with Crippen molar-refractivity contribution in [3.8, 4) is 0 Å². The third kappa shape index (κ3) is 1.35. The van der Waals surface area contributed by atoms with Crippen molar-refractivity contribution in [1.29, 1.82) is 0 Å². The molecule has 0 saturated heterocycles. The fourth-order valence-corrected chi connectivity index (χ4v) is 0.911. The van der Waals surface area contributed by atoms with E-state index in [-0.39, 0.29) is 11.5 Å². The van der Waals surface area contributed by atoms with Gasteiger partial charge in [-0.1, -0.05) is 0 Å². The largest absolute Gasteiger partial charge is 0.293 e. The Balaban J connectivity index is 3.36. The zero-order chi connectivity index (χ0) is 9.30. The van der Waals surface area contributed by atoms with Gasteiger partial charge in [0.1, 0.15) is 5.69 Å². The van der Waals surface area contributed by atoms with E-state index in [0.29, 0.717) is 5.56 Å². The van der Waals surface area contributed by atoms with Gasteiger partial charge in [0.25, 0.3) is 0 Å². The summed E-state index contributed by atoms with van der Waals surface area (Å²) in [6, 6.07) is 0. The van der Waals surface area contributed by atoms with Crippen molar-refractivity contribution in [2.24, 2.45) is 0 Å². The maximum absolute atomic E-state index is 13.2. The van der Waals surface area contributed by atoms with Gasteiger partial charge in [-0.05, 0) is 25.0 Å². The summed E-state index contributed by atoms with van der Waals surface area (Å²) in [5.41, 5.74) is 1.19. The van der Waals surface area contributed by atoms with Gasteiger partial charge in [0.15, 0.2) is 11.6 Å². The fourth-order valence-electron chi connectivity index (χ4n) is 0.911. The molecule has 0 N–H and O–H groups in total. The van der Waals surface area contributed by atoms with E-state index in [9.17, 15) is 9.18 Å². The van der Waals surface area contributed by atoms with Crippen LogP contribution >= 0.6 is 0 Å². The summed E-state index contributed by atoms with van der Waals surface area (Å²) >= 11 is 0. The van der Waals surface area contributed by atoms with Crippen LogP contribution in [0.25, 0.3) is 0 Å². The molecule has 0 unspecified atom stereocenters. The van der Waals surface area contributed by atoms with Crippen molar-refractivity contribution in [3.05, 3.63) is 28.8 Å². The number of carbonyl (C=O) groups excluding carboxylic acids is 1. The molecule has 2 nitrogen and oxygen atoms in total. The van der Waals surface area contributed by atoms with Crippen LogP contribution in [0.3, 0.4) is 0 Å². The fraction of sp³-hybridized carbons (Fsp3) is 0.333. The molecule has 1 aromatic heterocycles. The number of Topliss-reactive ketones (excluding diaryl/α,β-unsaturated/α-hetero) is 1. The van der Waals surface area contributed by atoms with Gasteiger partial charge in [-0.15, -0.1) is 0 Å². The second-order valence-corrected chi connectivity index (χ2v) is 2.78. The number of pyridine rings is 1. The minimum Gasteiger partial charge on any atom is -0.293 e. The molecule has 0 amide bonds. The Labute approximate surface area is 70.4 Å². The minimum absolute atomic E-state index is 0.0712. The lowest BCUT2D eigenvalue weighted by Crippen LogP contribution is -2.04. The lowest BCUT2D eigenvalue weighted by Gasteiger charge is -2.03. The second kappa shape index (κ2) is 3.01. The summed E-state index contributed by atoms with van der Waals surface area (Å²) in [6.45, 7) is 4.70. The quantitative estimate of drug-likeness (QED) is 0.599. The van der Waals surface area contributed by atoms with Crippen molar-refractivity contribution < 1.29 is 9.18 Å². The molecule has 12 heavy (non-hydrogen) atoms. The molecule has 64 valence electrons. The standard InChI is InChI=1S/C9H10FNO/c1-5-4-11-9(7(3)12)8(10)6(5)2/h4H,1-3H3. The molecule has 1 aromatic rings. The van der Waals surface area contributed by atoms with Crippen molar-refractivity contribution in [2.75, 3.05) is 0 Å². The topological polar surface area (TPSA) is 30.0 Å². The maximum atomic E-state index is 13.2. The van der Waals surface area contributed by atoms with E-state index in [0.717, 1.165) is 5.56 Å². The van der Waals surface area contributed by atoms with Gasteiger partial charge in [0, 0.05) is 13.1 Å². The number of rotatable bonds is 1. The number of halogens is 1. The Bertz CT molecular complexity index is 334. The third-order valence-corrected chi connectivity index (χ3v) is 1.85. The molecule has 1 rings (SSSR count). The molecule has 0 aliphatic rings. The van der Waals surface area contributed by atoms with E-state index < -0.39 is 5.82 Å². The smallest absolute Gasteiger partial charge is 0.181 e. The number of aromatic nitrogens is 1. The third-order valence-electron chi connectivity index (χ3n) is 1.85. The molecule has 3 heteroatoms. The first kappa shape index (κ1) is 8.84. The van der Waals surface area contributed by atoms with Crippen molar-refractivity contribution in [2.45, 2.75) is 20.8 Å². The van der Waals surface area contributed by atoms with E-state index in [1.807, 2.05) is 0 Å². The van der Waals surface area contributed by atoms with Gasteiger partial charge in [0.05, 0.1) is 0 Å². The SMILES string of the molecule is CC(=O)c1ncc(C)c(C)c1F. The zero-order valence-electron chi connectivity index (χ0n) is 7.31. The highest BCUT2D eigenvalue weighted by Crippen LogP contribution is 2.13. The minimum atomic E-state index is -0.498. The molecular formula is C9H10FNO. The second-order valence-electron chi connectivity index (χ2n) is 2.78. The van der Waals surface area contributed by atoms with E-state index in [1.54, 1.807) is 13.8 Å². The summed E-state index contributed by atoms with van der Waals surface area (Å²) in [5.74, 6) is -0.835. The molecule has 0 bridgehead atoms. The highest BCUT2D eigenvalue weighted by Gasteiger charge is 2.12. The molecular weight excluding hydrogens is 157 g/mol. The van der Waals surface area contributed by atoms with E-state index in [2.05, 4.69) is 4.98 Å². The molecule has 0 aromatic carbocycles. The van der Waals surface area contributed by atoms with Crippen molar-refractivity contribution in [3.63, 3.8) is 0 Å². The first-order chi connectivity index (χ1) is 5.54. The highest BCUT2D eigenvalue weighted by atomic mass is 19.1. The molecule has 0 radical (unpaired) electrons. The Kier molecular flexibility index (Phi) is 2.22. The predicted molar refractivity (Wildman–Crippen MR) is 43.7 cm³/mol. The normalized spacial score (nSPS) is 10.0. The lowest BCUT2D eigenvalue weighted by atomic mass is 10.1. The van der Waals surface area contributed by atoms with Crippen molar-refractivity contribution >= 4 is 5.78 Å². The van der Waals surface area contributed by atoms with Crippen LogP contribution < -0.4 is 0 Å². The number of hydrogen-bond acceptors (Lipinski definition) is 2. The highest BCUT2D eigenvalue weighted by molar-refractivity contribution is 5.92. The van der Waals surface area contributed by atoms with E-state index in [1.165, 1.54) is 13.1 Å². The molecule has 0 saturated carbocycles. The first-order valence-electron chi connectivity index (χ1n) is 3.66. The Morgan fingerprint density at radius 1 is 1.50 bits per heavy atom. The Hall–Kier alpha value is -1.25. The van der Waals surface area contributed by atoms with Crippen molar-refractivity contribution in [1.82, 2.24) is 4.98 Å². The van der Waals surface area contributed by atoms with Gasteiger partial charge < -0.3 is 0 Å². The van der Waals surface area contributed by atoms with Crippen LogP contribution in [-0.4, -0.2) is 10.8 Å². The zero-order valence-corrected chi connectivity index (χ0v) is 7.31. The molecule has 0 spiro atoms. The van der Waals surface area contributed by atoms with Gasteiger partial charge in [0.2, 0.25) is 0 Å².